The summed E-state index contributed by atoms with van der Waals surface area (Å²) >= 11 is 0. The van der Waals surface area contributed by atoms with E-state index in [0.717, 1.165) is 70.6 Å². The predicted molar refractivity (Wildman–Crippen MR) is 172 cm³/mol. The molecule has 0 atom stereocenters. The number of rotatable bonds is 22. The number of carbonyl (C=O) groups excluding carboxylic acids is 3. The molecule has 0 bridgehead atoms. The van der Waals surface area contributed by atoms with E-state index >= 15 is 0 Å². The zero-order valence-corrected chi connectivity index (χ0v) is 25.5. The molecule has 0 aliphatic carbocycles. The predicted octanol–water partition coefficient (Wildman–Crippen LogP) is 10.0. The first kappa shape index (κ1) is 35.6. The Bertz CT molecular complexity index is 1050. The van der Waals surface area contributed by atoms with Crippen molar-refractivity contribution >= 4 is 23.3 Å². The van der Waals surface area contributed by atoms with Crippen LogP contribution in [0.3, 0.4) is 0 Å². The third-order valence-corrected chi connectivity index (χ3v) is 6.28. The molecule has 1 aromatic carbocycles. The molecule has 0 spiro atoms. The zero-order chi connectivity index (χ0) is 30.0. The molecule has 0 aromatic heterocycles. The van der Waals surface area contributed by atoms with Crippen molar-refractivity contribution in [3.05, 3.63) is 84.5 Å². The molecule has 1 aromatic rings. The van der Waals surface area contributed by atoms with E-state index in [2.05, 4.69) is 79.9 Å². The standard InChI is InChI=1S/C36H51NO4/c1-4-6-8-10-11-12-13-14-15-16-17-18-19-20-21-23-24-26-35(39)37-32-28-29-34(33(30-32)31(3)38)41-36(40)27-25-22-9-7-5-2/h6,8,11-12,14-15,17-18,20-21,28-30H,4-5,7,9-10,13,16,19,22-27H2,1-3H3,(H,37,39)/b8-6-,12-11-,15-14-,18-17-,21-20-. The molecule has 1 rings (SSSR count). The number of amides is 1. The van der Waals surface area contributed by atoms with Crippen molar-refractivity contribution < 1.29 is 19.1 Å². The second-order valence-corrected chi connectivity index (χ2v) is 10.1. The van der Waals surface area contributed by atoms with Crippen LogP contribution in [0.25, 0.3) is 0 Å². The minimum atomic E-state index is -0.337. The van der Waals surface area contributed by atoms with Gasteiger partial charge in [0.1, 0.15) is 5.75 Å². The van der Waals surface area contributed by atoms with Crippen LogP contribution < -0.4 is 10.1 Å². The Labute approximate surface area is 248 Å². The minimum absolute atomic E-state index is 0.108. The number of esters is 1. The molecule has 1 amide bonds. The molecule has 0 saturated heterocycles. The highest BCUT2D eigenvalue weighted by Gasteiger charge is 2.14. The fourth-order valence-corrected chi connectivity index (χ4v) is 3.99. The molecule has 5 nitrogen and oxygen atoms in total. The molecule has 224 valence electrons. The lowest BCUT2D eigenvalue weighted by molar-refractivity contribution is -0.134. The Morgan fingerprint density at radius 2 is 1.29 bits per heavy atom. The van der Waals surface area contributed by atoms with Gasteiger partial charge in [-0.2, -0.15) is 0 Å². The van der Waals surface area contributed by atoms with Gasteiger partial charge in [-0.25, -0.2) is 0 Å². The van der Waals surface area contributed by atoms with Gasteiger partial charge in [-0.05, 0) is 76.5 Å². The van der Waals surface area contributed by atoms with Crippen LogP contribution in [0.2, 0.25) is 0 Å². The topological polar surface area (TPSA) is 72.5 Å². The molecule has 0 radical (unpaired) electrons. The number of carbonyl (C=O) groups is 3. The number of benzene rings is 1. The second-order valence-electron chi connectivity index (χ2n) is 10.1. The largest absolute Gasteiger partial charge is 0.426 e. The van der Waals surface area contributed by atoms with E-state index in [4.69, 9.17) is 4.74 Å². The molecule has 0 aliphatic heterocycles. The van der Waals surface area contributed by atoms with Crippen LogP contribution in [-0.4, -0.2) is 17.7 Å². The van der Waals surface area contributed by atoms with Gasteiger partial charge in [0.2, 0.25) is 5.91 Å². The fraction of sp³-hybridized carbons (Fsp3) is 0.472. The zero-order valence-electron chi connectivity index (χ0n) is 25.5. The van der Waals surface area contributed by atoms with E-state index in [1.54, 1.807) is 18.2 Å². The Morgan fingerprint density at radius 1 is 0.707 bits per heavy atom. The van der Waals surface area contributed by atoms with Crippen molar-refractivity contribution in [1.29, 1.82) is 0 Å². The lowest BCUT2D eigenvalue weighted by Gasteiger charge is -2.11. The molecule has 0 saturated carbocycles. The number of ketones is 1. The van der Waals surface area contributed by atoms with Crippen LogP contribution in [-0.2, 0) is 9.59 Å². The third-order valence-electron chi connectivity index (χ3n) is 6.28. The third kappa shape index (κ3) is 19.3. The van der Waals surface area contributed by atoms with Gasteiger partial charge >= 0.3 is 5.97 Å². The van der Waals surface area contributed by atoms with Crippen LogP contribution in [0.15, 0.2) is 79.0 Å². The number of nitrogens with one attached hydrogen (secondary N) is 1. The highest BCUT2D eigenvalue weighted by atomic mass is 16.5. The molecule has 5 heteroatoms. The number of hydrogen-bond donors (Lipinski definition) is 1. The summed E-state index contributed by atoms with van der Waals surface area (Å²) in [7, 11) is 0. The molecular weight excluding hydrogens is 510 g/mol. The van der Waals surface area contributed by atoms with Crippen LogP contribution in [0.1, 0.15) is 121 Å². The normalized spacial score (nSPS) is 12.0. The molecular formula is C36H51NO4. The highest BCUT2D eigenvalue weighted by molar-refractivity contribution is 6.00. The maximum absolute atomic E-state index is 12.4. The Morgan fingerprint density at radius 3 is 1.88 bits per heavy atom. The van der Waals surface area contributed by atoms with Crippen LogP contribution >= 0.6 is 0 Å². The quantitative estimate of drug-likeness (QED) is 0.0502. The van der Waals surface area contributed by atoms with Crippen LogP contribution in [0, 0.1) is 0 Å². The van der Waals surface area contributed by atoms with E-state index < -0.39 is 0 Å². The number of allylic oxidation sites excluding steroid dienone is 10. The summed E-state index contributed by atoms with van der Waals surface area (Å²) in [5.41, 5.74) is 0.815. The molecule has 1 N–H and O–H groups in total. The average molecular weight is 562 g/mol. The van der Waals surface area contributed by atoms with Crippen molar-refractivity contribution in [3.63, 3.8) is 0 Å². The van der Waals surface area contributed by atoms with Crippen molar-refractivity contribution in [3.8, 4) is 5.75 Å². The Kier molecular flexibility index (Phi) is 21.1. The summed E-state index contributed by atoms with van der Waals surface area (Å²) in [6.45, 7) is 5.72. The van der Waals surface area contributed by atoms with Gasteiger partial charge in [0.15, 0.2) is 5.78 Å². The molecule has 0 unspecified atom stereocenters. The lowest BCUT2D eigenvalue weighted by Crippen LogP contribution is -2.13. The van der Waals surface area contributed by atoms with Gasteiger partial charge < -0.3 is 10.1 Å². The van der Waals surface area contributed by atoms with Gasteiger partial charge in [0.05, 0.1) is 5.56 Å². The van der Waals surface area contributed by atoms with E-state index in [1.165, 1.54) is 13.3 Å². The summed E-state index contributed by atoms with van der Waals surface area (Å²) in [4.78, 5) is 36.7. The second kappa shape index (κ2) is 24.3. The summed E-state index contributed by atoms with van der Waals surface area (Å²) < 4.78 is 5.45. The number of anilines is 1. The van der Waals surface area contributed by atoms with E-state index in [1.807, 2.05) is 0 Å². The van der Waals surface area contributed by atoms with Gasteiger partial charge in [0, 0.05) is 18.5 Å². The van der Waals surface area contributed by atoms with Crippen molar-refractivity contribution in [2.75, 3.05) is 5.32 Å². The first-order chi connectivity index (χ1) is 20.0. The van der Waals surface area contributed by atoms with E-state index in [0.29, 0.717) is 24.1 Å². The van der Waals surface area contributed by atoms with Crippen LogP contribution in [0.4, 0.5) is 5.69 Å². The van der Waals surface area contributed by atoms with Gasteiger partial charge in [-0.15, -0.1) is 0 Å². The SMILES string of the molecule is CC/C=C\C/C=C\C/C=C\C/C=C\C/C=C\CCCC(=O)Nc1ccc(OC(=O)CCCCCCC)c(C(C)=O)c1. The lowest BCUT2D eigenvalue weighted by atomic mass is 10.1. The fourth-order valence-electron chi connectivity index (χ4n) is 3.99. The van der Waals surface area contributed by atoms with Crippen LogP contribution in [0.5, 0.6) is 5.75 Å². The number of unbranched alkanes of at least 4 members (excludes halogenated alkanes) is 5. The average Bonchev–Trinajstić information content (AvgIpc) is 2.95. The summed E-state index contributed by atoms with van der Waals surface area (Å²) in [6, 6.07) is 4.82. The van der Waals surface area contributed by atoms with E-state index in [-0.39, 0.29) is 23.4 Å². The monoisotopic (exact) mass is 561 g/mol. The van der Waals surface area contributed by atoms with Crippen molar-refractivity contribution in [1.82, 2.24) is 0 Å². The van der Waals surface area contributed by atoms with E-state index in [9.17, 15) is 14.4 Å². The van der Waals surface area contributed by atoms with Gasteiger partial charge in [-0.1, -0.05) is 100 Å². The minimum Gasteiger partial charge on any atom is -0.426 e. The van der Waals surface area contributed by atoms with Gasteiger partial charge in [0.25, 0.3) is 0 Å². The van der Waals surface area contributed by atoms with Crippen molar-refractivity contribution in [2.45, 2.75) is 111 Å². The number of ether oxygens (including phenoxy) is 1. The van der Waals surface area contributed by atoms with Crippen molar-refractivity contribution in [2.24, 2.45) is 0 Å². The first-order valence-electron chi connectivity index (χ1n) is 15.4. The van der Waals surface area contributed by atoms with Gasteiger partial charge in [-0.3, -0.25) is 14.4 Å². The molecule has 0 fully saturated rings. The number of hydrogen-bond acceptors (Lipinski definition) is 4. The first-order valence-corrected chi connectivity index (χ1v) is 15.4. The summed E-state index contributed by atoms with van der Waals surface area (Å²) in [5, 5.41) is 2.85. The Balaban J connectivity index is 2.30. The summed E-state index contributed by atoms with van der Waals surface area (Å²) in [6.07, 6.45) is 34.1. The smallest absolute Gasteiger partial charge is 0.311 e. The molecule has 41 heavy (non-hydrogen) atoms. The maximum Gasteiger partial charge on any atom is 0.311 e. The number of Topliss-reactive ketones (excluding diaryl/α,β-unsaturated/α-hetero) is 1. The molecule has 0 aliphatic rings. The molecule has 0 heterocycles. The maximum atomic E-state index is 12.4. The highest BCUT2D eigenvalue weighted by Crippen LogP contribution is 2.24. The summed E-state index contributed by atoms with van der Waals surface area (Å²) in [5.74, 6) is -0.419. The Hall–Kier alpha value is -3.47.